The summed E-state index contributed by atoms with van der Waals surface area (Å²) in [4.78, 5) is 0. The summed E-state index contributed by atoms with van der Waals surface area (Å²) in [5.74, 6) is 0. The Labute approximate surface area is 162 Å². The first-order valence-corrected chi connectivity index (χ1v) is 9.86. The highest BCUT2D eigenvalue weighted by Gasteiger charge is 2.32. The van der Waals surface area contributed by atoms with Crippen LogP contribution in [0, 0.1) is 0 Å². The third kappa shape index (κ3) is 5.21. The molecular weight excluding hydrogens is 330 g/mol. The molecule has 0 saturated heterocycles. The average Bonchev–Trinajstić information content (AvgIpc) is 2.74. The summed E-state index contributed by atoms with van der Waals surface area (Å²) in [6, 6.07) is 30.8. The van der Waals surface area contributed by atoms with Gasteiger partial charge in [0.2, 0.25) is 0 Å². The van der Waals surface area contributed by atoms with Crippen LogP contribution in [0.4, 0.5) is 5.69 Å². The smallest absolute Gasteiger partial charge is 0.0919 e. The second-order valence-corrected chi connectivity index (χ2v) is 7.18. The quantitative estimate of drug-likeness (QED) is 0.469. The van der Waals surface area contributed by atoms with Crippen molar-refractivity contribution in [1.29, 1.82) is 0 Å². The molecule has 3 rings (SSSR count). The van der Waals surface area contributed by atoms with E-state index in [0.717, 1.165) is 30.5 Å². The van der Waals surface area contributed by atoms with Crippen LogP contribution in [0.3, 0.4) is 0 Å². The Morgan fingerprint density at radius 2 is 1.37 bits per heavy atom. The third-order valence-corrected chi connectivity index (χ3v) is 5.11. The van der Waals surface area contributed by atoms with Crippen molar-refractivity contribution >= 4 is 5.69 Å². The molecule has 0 amide bonds. The minimum absolute atomic E-state index is 0.0238. The fourth-order valence-corrected chi connectivity index (χ4v) is 3.59. The highest BCUT2D eigenvalue weighted by Crippen LogP contribution is 2.37. The van der Waals surface area contributed by atoms with Crippen molar-refractivity contribution in [3.8, 4) is 0 Å². The summed E-state index contributed by atoms with van der Waals surface area (Å²) >= 11 is 0. The summed E-state index contributed by atoms with van der Waals surface area (Å²) in [6.45, 7) is 2.17. The van der Waals surface area contributed by atoms with Crippen LogP contribution in [-0.2, 0) is 5.60 Å². The van der Waals surface area contributed by atoms with Gasteiger partial charge in [0.15, 0.2) is 0 Å². The first-order chi connectivity index (χ1) is 13.2. The van der Waals surface area contributed by atoms with E-state index in [1.165, 1.54) is 5.56 Å². The van der Waals surface area contributed by atoms with E-state index in [9.17, 15) is 5.11 Å². The number of nitrogens with one attached hydrogen (secondary N) is 1. The Hall–Kier alpha value is -2.58. The van der Waals surface area contributed by atoms with E-state index in [0.29, 0.717) is 6.42 Å². The van der Waals surface area contributed by atoms with E-state index in [1.807, 2.05) is 54.6 Å². The highest BCUT2D eigenvalue weighted by atomic mass is 16.3. The van der Waals surface area contributed by atoms with Gasteiger partial charge in [-0.25, -0.2) is 0 Å². The molecular formula is C25H29NO. The normalized spacial score (nSPS) is 14.3. The van der Waals surface area contributed by atoms with Crippen molar-refractivity contribution < 1.29 is 5.11 Å². The predicted octanol–water partition coefficient (Wildman–Crippen LogP) is 6.31. The lowest BCUT2D eigenvalue weighted by Gasteiger charge is -2.34. The van der Waals surface area contributed by atoms with Crippen LogP contribution >= 0.6 is 0 Å². The van der Waals surface area contributed by atoms with Crippen LogP contribution in [0.15, 0.2) is 91.0 Å². The molecule has 0 heterocycles. The topological polar surface area (TPSA) is 32.3 Å². The molecule has 2 N–H and O–H groups in total. The van der Waals surface area contributed by atoms with Gasteiger partial charge in [-0.3, -0.25) is 0 Å². The van der Waals surface area contributed by atoms with E-state index < -0.39 is 5.60 Å². The van der Waals surface area contributed by atoms with Crippen molar-refractivity contribution in [2.75, 3.05) is 5.32 Å². The van der Waals surface area contributed by atoms with Crippen LogP contribution in [0.25, 0.3) is 0 Å². The molecule has 3 aromatic rings. The molecule has 3 aromatic carbocycles. The number of aliphatic hydroxyl groups is 1. The molecule has 0 aliphatic rings. The van der Waals surface area contributed by atoms with Gasteiger partial charge in [0.05, 0.1) is 11.6 Å². The minimum atomic E-state index is -0.862. The summed E-state index contributed by atoms with van der Waals surface area (Å²) in [7, 11) is 0. The Balaban J connectivity index is 1.92. The first kappa shape index (κ1) is 19.2. The molecule has 0 fully saturated rings. The zero-order chi connectivity index (χ0) is 19.0. The average molecular weight is 360 g/mol. The highest BCUT2D eigenvalue weighted by molar-refractivity contribution is 5.45. The lowest BCUT2D eigenvalue weighted by atomic mass is 9.81. The van der Waals surface area contributed by atoms with Gasteiger partial charge in [0.25, 0.3) is 0 Å². The molecule has 0 saturated carbocycles. The maximum absolute atomic E-state index is 11.7. The number of hydrogen-bond donors (Lipinski definition) is 2. The molecule has 0 aromatic heterocycles. The van der Waals surface area contributed by atoms with E-state index in [4.69, 9.17) is 0 Å². The van der Waals surface area contributed by atoms with Gasteiger partial charge in [-0.1, -0.05) is 98.6 Å². The van der Waals surface area contributed by atoms with E-state index in [-0.39, 0.29) is 6.04 Å². The van der Waals surface area contributed by atoms with Crippen LogP contribution in [0.5, 0.6) is 0 Å². The molecule has 0 aliphatic heterocycles. The lowest BCUT2D eigenvalue weighted by molar-refractivity contribution is 0.0114. The zero-order valence-corrected chi connectivity index (χ0v) is 16.0. The van der Waals surface area contributed by atoms with Gasteiger partial charge < -0.3 is 10.4 Å². The van der Waals surface area contributed by atoms with E-state index in [1.54, 1.807) is 0 Å². The number of unbranched alkanes of at least 4 members (excludes halogenated alkanes) is 1. The first-order valence-electron chi connectivity index (χ1n) is 9.86. The van der Waals surface area contributed by atoms with Crippen molar-refractivity contribution in [1.82, 2.24) is 0 Å². The van der Waals surface area contributed by atoms with Gasteiger partial charge in [-0.15, -0.1) is 0 Å². The Bertz CT molecular complexity index is 788. The summed E-state index contributed by atoms with van der Waals surface area (Å²) in [5, 5.41) is 15.3. The zero-order valence-electron chi connectivity index (χ0n) is 16.0. The van der Waals surface area contributed by atoms with E-state index >= 15 is 0 Å². The minimum Gasteiger partial charge on any atom is -0.385 e. The number of para-hydroxylation sites is 1. The Morgan fingerprint density at radius 3 is 1.96 bits per heavy atom. The molecule has 0 bridgehead atoms. The van der Waals surface area contributed by atoms with Crippen LogP contribution in [-0.4, -0.2) is 5.11 Å². The number of hydrogen-bond acceptors (Lipinski definition) is 2. The maximum atomic E-state index is 11.7. The second kappa shape index (κ2) is 9.38. The predicted molar refractivity (Wildman–Crippen MR) is 114 cm³/mol. The maximum Gasteiger partial charge on any atom is 0.0919 e. The number of rotatable bonds is 9. The summed E-state index contributed by atoms with van der Waals surface area (Å²) < 4.78 is 0. The largest absolute Gasteiger partial charge is 0.385 e. The van der Waals surface area contributed by atoms with Crippen molar-refractivity contribution in [3.05, 3.63) is 102 Å². The lowest BCUT2D eigenvalue weighted by Crippen LogP contribution is -2.30. The van der Waals surface area contributed by atoms with Gasteiger partial charge in [0.1, 0.15) is 0 Å². The molecule has 0 aliphatic carbocycles. The molecule has 2 atom stereocenters. The standard InChI is InChI=1S/C25H29NO/c1-2-3-19-25(27,22-15-9-5-10-16-22)20-24(21-13-7-4-8-14-21)26-23-17-11-6-12-18-23/h4-18,24,26-27H,2-3,19-20H2,1H3/t24-,25-/m1/s1. The van der Waals surface area contributed by atoms with Gasteiger partial charge in [0, 0.05) is 12.1 Å². The molecule has 27 heavy (non-hydrogen) atoms. The Morgan fingerprint density at radius 1 is 0.815 bits per heavy atom. The molecule has 0 spiro atoms. The van der Waals surface area contributed by atoms with Crippen LogP contribution in [0.2, 0.25) is 0 Å². The van der Waals surface area contributed by atoms with Crippen LogP contribution in [0.1, 0.15) is 49.8 Å². The van der Waals surface area contributed by atoms with Crippen molar-refractivity contribution in [2.24, 2.45) is 0 Å². The van der Waals surface area contributed by atoms with Gasteiger partial charge >= 0.3 is 0 Å². The van der Waals surface area contributed by atoms with E-state index in [2.05, 4.69) is 48.6 Å². The van der Waals surface area contributed by atoms with Gasteiger partial charge in [-0.05, 0) is 29.7 Å². The fraction of sp³-hybridized carbons (Fsp3) is 0.280. The number of anilines is 1. The number of benzene rings is 3. The molecule has 0 radical (unpaired) electrons. The van der Waals surface area contributed by atoms with Crippen molar-refractivity contribution in [3.63, 3.8) is 0 Å². The molecule has 0 unspecified atom stereocenters. The third-order valence-electron chi connectivity index (χ3n) is 5.11. The fourth-order valence-electron chi connectivity index (χ4n) is 3.59. The molecule has 2 heteroatoms. The van der Waals surface area contributed by atoms with Crippen molar-refractivity contribution in [2.45, 2.75) is 44.2 Å². The monoisotopic (exact) mass is 359 g/mol. The molecule has 140 valence electrons. The summed E-state index contributed by atoms with van der Waals surface area (Å²) in [5.41, 5.74) is 2.39. The summed E-state index contributed by atoms with van der Waals surface area (Å²) in [6.07, 6.45) is 3.44. The Kier molecular flexibility index (Phi) is 6.67. The van der Waals surface area contributed by atoms with Gasteiger partial charge in [-0.2, -0.15) is 0 Å². The van der Waals surface area contributed by atoms with Crippen LogP contribution < -0.4 is 5.32 Å². The second-order valence-electron chi connectivity index (χ2n) is 7.18. The SMILES string of the molecule is CCCC[C@@](O)(C[C@@H](Nc1ccccc1)c1ccccc1)c1ccccc1. The molecule has 2 nitrogen and oxygen atoms in total.